The lowest BCUT2D eigenvalue weighted by atomic mass is 9.95. The zero-order valence-electron chi connectivity index (χ0n) is 18.9. The third-order valence-electron chi connectivity index (χ3n) is 5.26. The Morgan fingerprint density at radius 2 is 1.74 bits per heavy atom. The van der Waals surface area contributed by atoms with Crippen LogP contribution in [-0.4, -0.2) is 17.6 Å². The van der Waals surface area contributed by atoms with Crippen molar-refractivity contribution in [3.8, 4) is 11.9 Å². The second kappa shape index (κ2) is 12.8. The molecule has 0 aliphatic rings. The van der Waals surface area contributed by atoms with Gasteiger partial charge in [-0.1, -0.05) is 6.07 Å². The van der Waals surface area contributed by atoms with Gasteiger partial charge < -0.3 is 9.47 Å². The minimum absolute atomic E-state index is 0.00336. The fourth-order valence-electron chi connectivity index (χ4n) is 3.57. The SMILES string of the molecule is CCOC(=O)Cc1cc(F)c(Br)cc1CCCc1cc(C#N)ccc1COc1ccc(F)c(Br)n1. The Morgan fingerprint density at radius 1 is 1.00 bits per heavy atom. The first-order valence-corrected chi connectivity index (χ1v) is 12.5. The zero-order valence-corrected chi connectivity index (χ0v) is 22.1. The first kappa shape index (κ1) is 26.8. The number of aromatic nitrogens is 1. The normalized spacial score (nSPS) is 10.6. The van der Waals surface area contributed by atoms with E-state index in [9.17, 15) is 18.8 Å². The number of carbonyl (C=O) groups excluding carboxylic acids is 1. The average Bonchev–Trinajstić information content (AvgIpc) is 2.83. The van der Waals surface area contributed by atoms with Crippen LogP contribution in [0.4, 0.5) is 8.78 Å². The monoisotopic (exact) mass is 606 g/mol. The van der Waals surface area contributed by atoms with Gasteiger partial charge in [0.2, 0.25) is 5.88 Å². The third kappa shape index (κ3) is 7.58. The molecule has 0 unspecified atom stereocenters. The van der Waals surface area contributed by atoms with E-state index >= 15 is 0 Å². The van der Waals surface area contributed by atoms with Gasteiger partial charge in [-0.3, -0.25) is 4.79 Å². The predicted molar refractivity (Wildman–Crippen MR) is 134 cm³/mol. The van der Waals surface area contributed by atoms with E-state index in [1.807, 2.05) is 12.1 Å². The van der Waals surface area contributed by atoms with Gasteiger partial charge in [-0.25, -0.2) is 13.8 Å². The van der Waals surface area contributed by atoms with Crippen molar-refractivity contribution < 1.29 is 23.0 Å². The molecular weight excluding hydrogens is 586 g/mol. The smallest absolute Gasteiger partial charge is 0.310 e. The number of nitrogens with zero attached hydrogens (tertiary/aromatic N) is 2. The number of ether oxygens (including phenoxy) is 2. The molecule has 1 aromatic heterocycles. The van der Waals surface area contributed by atoms with Crippen molar-refractivity contribution in [2.45, 2.75) is 39.2 Å². The van der Waals surface area contributed by atoms with Crippen molar-refractivity contribution in [3.05, 3.63) is 91.0 Å². The van der Waals surface area contributed by atoms with Crippen LogP contribution < -0.4 is 4.74 Å². The molecule has 3 rings (SSSR count). The molecule has 0 atom stereocenters. The Balaban J connectivity index is 1.73. The Bertz CT molecular complexity index is 1260. The molecule has 0 N–H and O–H groups in total. The molecule has 0 bridgehead atoms. The minimum atomic E-state index is -0.480. The molecule has 0 fully saturated rings. The van der Waals surface area contributed by atoms with Crippen LogP contribution in [-0.2, 0) is 35.4 Å². The van der Waals surface area contributed by atoms with Gasteiger partial charge in [0, 0.05) is 6.07 Å². The van der Waals surface area contributed by atoms with E-state index in [0.717, 1.165) is 16.7 Å². The highest BCUT2D eigenvalue weighted by Crippen LogP contribution is 2.25. The molecule has 9 heteroatoms. The fourth-order valence-corrected chi connectivity index (χ4v) is 4.26. The number of rotatable bonds is 10. The lowest BCUT2D eigenvalue weighted by Gasteiger charge is -2.13. The summed E-state index contributed by atoms with van der Waals surface area (Å²) >= 11 is 6.26. The van der Waals surface area contributed by atoms with E-state index in [1.165, 1.54) is 18.2 Å². The third-order valence-corrected chi connectivity index (χ3v) is 6.43. The number of pyridine rings is 1. The maximum Gasteiger partial charge on any atom is 0.310 e. The standard InChI is InChI=1S/C26H22Br2F2N2O3/c1-2-34-25(33)13-20-12-23(30)21(27)11-18(20)5-3-4-17-10-16(14-31)6-7-19(17)15-35-24-9-8-22(29)26(28)32-24/h6-12H,2-5,13,15H2,1H3. The number of benzene rings is 2. The van der Waals surface area contributed by atoms with Gasteiger partial charge in [0.05, 0.1) is 29.1 Å². The van der Waals surface area contributed by atoms with Gasteiger partial charge >= 0.3 is 5.97 Å². The quantitative estimate of drug-likeness (QED) is 0.191. The fraction of sp³-hybridized carbons (Fsp3) is 0.269. The van der Waals surface area contributed by atoms with Crippen LogP contribution in [0.3, 0.4) is 0 Å². The van der Waals surface area contributed by atoms with Crippen molar-refractivity contribution in [2.24, 2.45) is 0 Å². The number of halogens is 4. The molecule has 0 amide bonds. The molecule has 35 heavy (non-hydrogen) atoms. The largest absolute Gasteiger partial charge is 0.473 e. The minimum Gasteiger partial charge on any atom is -0.473 e. The second-order valence-electron chi connectivity index (χ2n) is 7.68. The predicted octanol–water partition coefficient (Wildman–Crippen LogP) is 6.62. The molecule has 0 radical (unpaired) electrons. The van der Waals surface area contributed by atoms with Crippen molar-refractivity contribution in [3.63, 3.8) is 0 Å². The van der Waals surface area contributed by atoms with E-state index in [1.54, 1.807) is 19.1 Å². The summed E-state index contributed by atoms with van der Waals surface area (Å²) in [6.07, 6.45) is 1.91. The maximum atomic E-state index is 14.1. The Hall–Kier alpha value is -2.83. The number of hydrogen-bond donors (Lipinski definition) is 0. The topological polar surface area (TPSA) is 72.2 Å². The second-order valence-corrected chi connectivity index (χ2v) is 9.28. The highest BCUT2D eigenvalue weighted by molar-refractivity contribution is 9.10. The lowest BCUT2D eigenvalue weighted by molar-refractivity contribution is -0.142. The summed E-state index contributed by atoms with van der Waals surface area (Å²) in [5.41, 5.74) is 3.77. The number of esters is 1. The summed E-state index contributed by atoms with van der Waals surface area (Å²) in [7, 11) is 0. The summed E-state index contributed by atoms with van der Waals surface area (Å²) in [5, 5.41) is 9.32. The van der Waals surface area contributed by atoms with Crippen molar-refractivity contribution in [1.29, 1.82) is 5.26 Å². The molecule has 3 aromatic rings. The highest BCUT2D eigenvalue weighted by atomic mass is 79.9. The van der Waals surface area contributed by atoms with Crippen molar-refractivity contribution in [2.75, 3.05) is 6.61 Å². The first-order chi connectivity index (χ1) is 16.8. The lowest BCUT2D eigenvalue weighted by Crippen LogP contribution is -2.10. The molecule has 5 nitrogen and oxygen atoms in total. The molecule has 0 aliphatic carbocycles. The van der Waals surface area contributed by atoms with Crippen LogP contribution in [0.25, 0.3) is 0 Å². The van der Waals surface area contributed by atoms with E-state index in [4.69, 9.17) is 9.47 Å². The highest BCUT2D eigenvalue weighted by Gasteiger charge is 2.14. The number of hydrogen-bond acceptors (Lipinski definition) is 5. The van der Waals surface area contributed by atoms with E-state index < -0.39 is 17.6 Å². The first-order valence-electron chi connectivity index (χ1n) is 10.9. The maximum absolute atomic E-state index is 14.1. The van der Waals surface area contributed by atoms with Gasteiger partial charge in [0.1, 0.15) is 17.0 Å². The van der Waals surface area contributed by atoms with Gasteiger partial charge in [-0.15, -0.1) is 0 Å². The number of carbonyl (C=O) groups is 1. The van der Waals surface area contributed by atoms with E-state index in [-0.39, 0.29) is 30.1 Å². The summed E-state index contributed by atoms with van der Waals surface area (Å²) in [4.78, 5) is 16.0. The van der Waals surface area contributed by atoms with Crippen LogP contribution in [0.1, 0.15) is 41.2 Å². The summed E-state index contributed by atoms with van der Waals surface area (Å²) in [6.45, 7) is 2.18. The zero-order chi connectivity index (χ0) is 25.4. The molecule has 2 aromatic carbocycles. The van der Waals surface area contributed by atoms with Gasteiger partial charge in [0.15, 0.2) is 5.82 Å². The molecule has 1 heterocycles. The van der Waals surface area contributed by atoms with Crippen molar-refractivity contribution >= 4 is 37.8 Å². The molecule has 0 spiro atoms. The summed E-state index contributed by atoms with van der Waals surface area (Å²) < 4.78 is 38.7. The Morgan fingerprint density at radius 3 is 2.43 bits per heavy atom. The van der Waals surface area contributed by atoms with Crippen LogP contribution >= 0.6 is 31.9 Å². The average molecular weight is 608 g/mol. The van der Waals surface area contributed by atoms with Crippen LogP contribution in [0, 0.1) is 23.0 Å². The van der Waals surface area contributed by atoms with Crippen LogP contribution in [0.5, 0.6) is 5.88 Å². The molecule has 0 aliphatic heterocycles. The molecule has 0 saturated carbocycles. The Labute approximate surface area is 219 Å². The number of aryl methyl sites for hydroxylation is 2. The van der Waals surface area contributed by atoms with Crippen LogP contribution in [0.2, 0.25) is 0 Å². The van der Waals surface area contributed by atoms with Gasteiger partial charge in [0.25, 0.3) is 0 Å². The van der Waals surface area contributed by atoms with E-state index in [0.29, 0.717) is 34.9 Å². The summed E-state index contributed by atoms with van der Waals surface area (Å²) in [5.74, 6) is -1.05. The van der Waals surface area contributed by atoms with E-state index in [2.05, 4.69) is 42.9 Å². The van der Waals surface area contributed by atoms with Gasteiger partial charge in [-0.2, -0.15) is 5.26 Å². The van der Waals surface area contributed by atoms with Crippen LogP contribution in [0.15, 0.2) is 51.5 Å². The van der Waals surface area contributed by atoms with Gasteiger partial charge in [-0.05, 0) is 111 Å². The van der Waals surface area contributed by atoms with Crippen molar-refractivity contribution in [1.82, 2.24) is 4.98 Å². The number of nitriles is 1. The summed E-state index contributed by atoms with van der Waals surface area (Å²) in [6, 6.07) is 13.3. The molecule has 182 valence electrons. The molecular formula is C26H22Br2F2N2O3. The Kier molecular flexibility index (Phi) is 9.75. The molecule has 0 saturated heterocycles.